The predicted octanol–water partition coefficient (Wildman–Crippen LogP) is 3.33. The lowest BCUT2D eigenvalue weighted by Gasteiger charge is -2.13. The van der Waals surface area contributed by atoms with E-state index in [1.165, 1.54) is 18.2 Å². The van der Waals surface area contributed by atoms with Crippen molar-refractivity contribution in [1.82, 2.24) is 5.32 Å². The van der Waals surface area contributed by atoms with Gasteiger partial charge in [0.15, 0.2) is 0 Å². The number of rotatable bonds is 4. The first kappa shape index (κ1) is 15.3. The highest BCUT2D eigenvalue weighted by Gasteiger charge is 2.10. The summed E-state index contributed by atoms with van der Waals surface area (Å²) in [6.07, 6.45) is -0.867. The third-order valence-corrected chi connectivity index (χ3v) is 3.08. The molecule has 0 heterocycles. The molecule has 0 radical (unpaired) electrons. The highest BCUT2D eigenvalue weighted by atomic mass is 35.5. The monoisotopic (exact) mass is 308 g/mol. The molecule has 0 bridgehead atoms. The minimum atomic E-state index is -0.867. The summed E-state index contributed by atoms with van der Waals surface area (Å²) in [5.41, 5.74) is 0.710. The Morgan fingerprint density at radius 2 is 1.86 bits per heavy atom. The molecule has 0 aromatic heterocycles. The highest BCUT2D eigenvalue weighted by molar-refractivity contribution is 6.30. The third-order valence-electron chi connectivity index (χ3n) is 2.83. The van der Waals surface area contributed by atoms with Crippen LogP contribution in [-0.2, 0) is 0 Å². The summed E-state index contributed by atoms with van der Waals surface area (Å²) in [7, 11) is 0. The minimum Gasteiger partial charge on any atom is -0.387 e. The Labute approximate surface area is 126 Å². The fourth-order valence-electron chi connectivity index (χ4n) is 1.72. The molecule has 2 rings (SSSR count). The van der Waals surface area contributed by atoms with Crippen molar-refractivity contribution in [2.45, 2.75) is 6.10 Å². The molecule has 0 aliphatic heterocycles. The first-order chi connectivity index (χ1) is 10.1. The van der Waals surface area contributed by atoms with Gasteiger partial charge in [-0.2, -0.15) is 0 Å². The third kappa shape index (κ3) is 4.44. The van der Waals surface area contributed by atoms with Crippen LogP contribution >= 0.6 is 11.6 Å². The molecule has 0 aliphatic rings. The first-order valence-electron chi connectivity index (χ1n) is 6.29. The van der Waals surface area contributed by atoms with Crippen molar-refractivity contribution in [3.8, 4) is 0 Å². The molecule has 1 unspecified atom stereocenters. The molecule has 0 aliphatic carbocycles. The van der Waals surface area contributed by atoms with Gasteiger partial charge in [-0.3, -0.25) is 0 Å². The second kappa shape index (κ2) is 7.06. The van der Waals surface area contributed by atoms with E-state index >= 15 is 0 Å². The fourth-order valence-corrected chi connectivity index (χ4v) is 1.85. The molecule has 2 aromatic carbocycles. The molecular weight excluding hydrogens is 295 g/mol. The summed E-state index contributed by atoms with van der Waals surface area (Å²) in [6, 6.07) is 11.9. The van der Waals surface area contributed by atoms with Crippen molar-refractivity contribution in [1.29, 1.82) is 0 Å². The van der Waals surface area contributed by atoms with E-state index in [4.69, 9.17) is 11.6 Å². The number of urea groups is 1. The molecule has 21 heavy (non-hydrogen) atoms. The molecule has 0 saturated carbocycles. The van der Waals surface area contributed by atoms with Gasteiger partial charge in [-0.15, -0.1) is 0 Å². The van der Waals surface area contributed by atoms with E-state index in [1.807, 2.05) is 0 Å². The number of carbonyl (C=O) groups is 1. The average Bonchev–Trinajstić information content (AvgIpc) is 2.48. The van der Waals surface area contributed by atoms with E-state index in [2.05, 4.69) is 10.6 Å². The van der Waals surface area contributed by atoms with Gasteiger partial charge in [-0.05, 0) is 29.8 Å². The standard InChI is InChI=1S/C15H14ClFN2O2/c16-11-7-5-10(6-8-11)14(20)9-18-15(21)19-13-4-2-1-3-12(13)17/h1-8,14,20H,9H2,(H2,18,19,21). The van der Waals surface area contributed by atoms with E-state index in [-0.39, 0.29) is 12.2 Å². The number of para-hydroxylation sites is 1. The van der Waals surface area contributed by atoms with Gasteiger partial charge in [0.25, 0.3) is 0 Å². The van der Waals surface area contributed by atoms with Crippen LogP contribution in [0.5, 0.6) is 0 Å². The number of aliphatic hydroxyl groups excluding tert-OH is 1. The summed E-state index contributed by atoms with van der Waals surface area (Å²) >= 11 is 5.75. The maximum absolute atomic E-state index is 13.3. The molecule has 0 saturated heterocycles. The van der Waals surface area contributed by atoms with Crippen LogP contribution in [0.3, 0.4) is 0 Å². The van der Waals surface area contributed by atoms with Crippen LogP contribution in [-0.4, -0.2) is 17.7 Å². The lowest BCUT2D eigenvalue weighted by atomic mass is 10.1. The van der Waals surface area contributed by atoms with Gasteiger partial charge < -0.3 is 15.7 Å². The number of carbonyl (C=O) groups excluding carboxylic acids is 1. The number of aliphatic hydroxyl groups is 1. The summed E-state index contributed by atoms with van der Waals surface area (Å²) in [5, 5.41) is 15.3. The van der Waals surface area contributed by atoms with Crippen LogP contribution in [0.2, 0.25) is 5.02 Å². The fraction of sp³-hybridized carbons (Fsp3) is 0.133. The molecule has 2 amide bonds. The van der Waals surface area contributed by atoms with Crippen molar-refractivity contribution in [3.05, 3.63) is 64.9 Å². The van der Waals surface area contributed by atoms with E-state index in [0.717, 1.165) is 0 Å². The summed E-state index contributed by atoms with van der Waals surface area (Å²) in [6.45, 7) is 0.00190. The van der Waals surface area contributed by atoms with Crippen LogP contribution in [0.25, 0.3) is 0 Å². The Hall–Kier alpha value is -2.11. The van der Waals surface area contributed by atoms with Gasteiger partial charge in [0.1, 0.15) is 5.82 Å². The Kier molecular flexibility index (Phi) is 5.14. The molecule has 6 heteroatoms. The van der Waals surface area contributed by atoms with E-state index in [9.17, 15) is 14.3 Å². The first-order valence-corrected chi connectivity index (χ1v) is 6.67. The molecule has 2 aromatic rings. The zero-order valence-electron chi connectivity index (χ0n) is 11.0. The number of nitrogens with one attached hydrogen (secondary N) is 2. The Bertz CT molecular complexity index is 619. The molecule has 110 valence electrons. The highest BCUT2D eigenvalue weighted by Crippen LogP contribution is 2.16. The smallest absolute Gasteiger partial charge is 0.319 e. The molecule has 4 nitrogen and oxygen atoms in total. The van der Waals surface area contributed by atoms with Crippen molar-refractivity contribution < 1.29 is 14.3 Å². The largest absolute Gasteiger partial charge is 0.387 e. The van der Waals surface area contributed by atoms with Crippen LogP contribution in [0.1, 0.15) is 11.7 Å². The number of hydrogen-bond acceptors (Lipinski definition) is 2. The van der Waals surface area contributed by atoms with Crippen LogP contribution in [0.4, 0.5) is 14.9 Å². The topological polar surface area (TPSA) is 61.4 Å². The molecule has 3 N–H and O–H groups in total. The van der Waals surface area contributed by atoms with Gasteiger partial charge in [0.05, 0.1) is 11.8 Å². The van der Waals surface area contributed by atoms with Crippen molar-refractivity contribution >= 4 is 23.3 Å². The Balaban J connectivity index is 1.86. The second-order valence-corrected chi connectivity index (χ2v) is 4.82. The number of hydrogen-bond donors (Lipinski definition) is 3. The lowest BCUT2D eigenvalue weighted by molar-refractivity contribution is 0.175. The molecular formula is C15H14ClFN2O2. The number of amides is 2. The lowest BCUT2D eigenvalue weighted by Crippen LogP contribution is -2.32. The summed E-state index contributed by atoms with van der Waals surface area (Å²) in [4.78, 5) is 11.6. The average molecular weight is 309 g/mol. The van der Waals surface area contributed by atoms with Gasteiger partial charge in [0, 0.05) is 11.6 Å². The van der Waals surface area contributed by atoms with Crippen molar-refractivity contribution in [3.63, 3.8) is 0 Å². The van der Waals surface area contributed by atoms with Gasteiger partial charge in [0.2, 0.25) is 0 Å². The van der Waals surface area contributed by atoms with Gasteiger partial charge in [-0.1, -0.05) is 35.9 Å². The number of benzene rings is 2. The maximum Gasteiger partial charge on any atom is 0.319 e. The maximum atomic E-state index is 13.3. The SMILES string of the molecule is O=C(NCC(O)c1ccc(Cl)cc1)Nc1ccccc1F. The number of anilines is 1. The summed E-state index contributed by atoms with van der Waals surface area (Å²) < 4.78 is 13.3. The zero-order valence-corrected chi connectivity index (χ0v) is 11.8. The number of halogens is 2. The van der Waals surface area contributed by atoms with Gasteiger partial charge >= 0.3 is 6.03 Å². The molecule has 0 fully saturated rings. The molecule has 0 spiro atoms. The normalized spacial score (nSPS) is 11.8. The van der Waals surface area contributed by atoms with Crippen molar-refractivity contribution in [2.24, 2.45) is 0 Å². The second-order valence-electron chi connectivity index (χ2n) is 4.38. The van der Waals surface area contributed by atoms with E-state index in [1.54, 1.807) is 30.3 Å². The Morgan fingerprint density at radius 3 is 2.52 bits per heavy atom. The predicted molar refractivity (Wildman–Crippen MR) is 79.8 cm³/mol. The minimum absolute atomic E-state index is 0.00190. The Morgan fingerprint density at radius 1 is 1.19 bits per heavy atom. The van der Waals surface area contributed by atoms with Crippen LogP contribution < -0.4 is 10.6 Å². The van der Waals surface area contributed by atoms with Crippen LogP contribution in [0.15, 0.2) is 48.5 Å². The van der Waals surface area contributed by atoms with E-state index < -0.39 is 18.0 Å². The quantitative estimate of drug-likeness (QED) is 0.811. The zero-order chi connectivity index (χ0) is 15.2. The van der Waals surface area contributed by atoms with Crippen molar-refractivity contribution in [2.75, 3.05) is 11.9 Å². The van der Waals surface area contributed by atoms with Crippen LogP contribution in [0, 0.1) is 5.82 Å². The van der Waals surface area contributed by atoms with E-state index in [0.29, 0.717) is 10.6 Å². The summed E-state index contributed by atoms with van der Waals surface area (Å²) in [5.74, 6) is -0.522. The van der Waals surface area contributed by atoms with Gasteiger partial charge in [-0.25, -0.2) is 9.18 Å². The molecule has 1 atom stereocenters.